The first-order valence-corrected chi connectivity index (χ1v) is 17.7. The molecule has 254 valence electrons. The third-order valence-corrected chi connectivity index (χ3v) is 10.0. The molecule has 0 spiro atoms. The van der Waals surface area contributed by atoms with Crippen LogP contribution in [0.4, 0.5) is 34.1 Å². The standard InChI is InChI=1S/C32H22Cl2N6O8S2/c33-21-13-15(9-11-23(21)37-39-27-25(35)17-5-1-3-7-19(17)31(29(27)41)49(43,44)45)16-10-12-24(22(34)14-16)38-40-28-26(36)18-6-2-4-8-20(18)32(30(28)42)50(46,47)48/h1-14,41-42H,35-36H2,(H,43,44,45)(H,46,47,48). The maximum Gasteiger partial charge on any atom is 0.298 e. The van der Waals surface area contributed by atoms with Gasteiger partial charge in [-0.1, -0.05) is 83.9 Å². The fourth-order valence-corrected chi connectivity index (χ4v) is 7.31. The highest BCUT2D eigenvalue weighted by atomic mass is 35.5. The highest BCUT2D eigenvalue weighted by Crippen LogP contribution is 2.47. The van der Waals surface area contributed by atoms with Crippen LogP contribution in [0.15, 0.2) is 115 Å². The molecule has 0 amide bonds. The molecule has 0 aliphatic rings. The minimum atomic E-state index is -4.87. The van der Waals surface area contributed by atoms with E-state index in [-0.39, 0.29) is 65.7 Å². The van der Waals surface area contributed by atoms with Crippen LogP contribution < -0.4 is 11.5 Å². The summed E-state index contributed by atoms with van der Waals surface area (Å²) < 4.78 is 67.9. The molecule has 0 saturated carbocycles. The maximum atomic E-state index is 12.1. The molecular formula is C32H22Cl2N6O8S2. The Labute approximate surface area is 293 Å². The van der Waals surface area contributed by atoms with E-state index >= 15 is 0 Å². The molecule has 0 heterocycles. The van der Waals surface area contributed by atoms with Gasteiger partial charge in [0, 0.05) is 21.5 Å². The number of nitrogens with zero attached hydrogens (tertiary/aromatic N) is 4. The molecule has 0 atom stereocenters. The van der Waals surface area contributed by atoms with E-state index in [1.807, 2.05) is 0 Å². The fraction of sp³-hybridized carbons (Fsp3) is 0. The number of hydrogen-bond donors (Lipinski definition) is 6. The van der Waals surface area contributed by atoms with Gasteiger partial charge in [-0.25, -0.2) is 0 Å². The third-order valence-electron chi connectivity index (χ3n) is 7.57. The molecular weight excluding hydrogens is 731 g/mol. The van der Waals surface area contributed by atoms with Gasteiger partial charge in [0.1, 0.15) is 21.2 Å². The summed E-state index contributed by atoms with van der Waals surface area (Å²) in [6, 6.07) is 21.3. The van der Waals surface area contributed by atoms with Gasteiger partial charge in [-0.3, -0.25) is 9.11 Å². The molecule has 50 heavy (non-hydrogen) atoms. The quantitative estimate of drug-likeness (QED) is 0.0513. The van der Waals surface area contributed by atoms with E-state index in [1.54, 1.807) is 36.4 Å². The van der Waals surface area contributed by atoms with Crippen molar-refractivity contribution in [1.29, 1.82) is 0 Å². The number of nitrogens with two attached hydrogens (primary N) is 2. The number of benzene rings is 6. The summed E-state index contributed by atoms with van der Waals surface area (Å²) in [6.45, 7) is 0. The first kappa shape index (κ1) is 34.5. The third kappa shape index (κ3) is 6.26. The SMILES string of the molecule is Nc1c(N=Nc2ccc(-c3ccc(N=Nc4c(O)c(S(=O)(=O)O)c5ccccc5c4N)c(Cl)c3)cc2Cl)c(O)c(S(=O)(=O)O)c2ccccc12. The molecule has 0 bridgehead atoms. The number of azo groups is 2. The average molecular weight is 754 g/mol. The Morgan fingerprint density at radius 1 is 0.520 bits per heavy atom. The Bertz CT molecular complexity index is 2500. The van der Waals surface area contributed by atoms with Crippen molar-refractivity contribution < 1.29 is 36.2 Å². The second-order valence-electron chi connectivity index (χ2n) is 10.7. The van der Waals surface area contributed by atoms with Crippen LogP contribution in [-0.4, -0.2) is 36.2 Å². The minimum Gasteiger partial charge on any atom is -0.504 e. The van der Waals surface area contributed by atoms with Gasteiger partial charge >= 0.3 is 0 Å². The van der Waals surface area contributed by atoms with Crippen molar-refractivity contribution in [1.82, 2.24) is 0 Å². The number of fused-ring (bicyclic) bond motifs is 2. The lowest BCUT2D eigenvalue weighted by Crippen LogP contribution is -2.02. The Morgan fingerprint density at radius 3 is 1.18 bits per heavy atom. The lowest BCUT2D eigenvalue weighted by Gasteiger charge is -2.12. The van der Waals surface area contributed by atoms with Crippen molar-refractivity contribution in [2.45, 2.75) is 9.79 Å². The molecule has 0 aliphatic carbocycles. The lowest BCUT2D eigenvalue weighted by atomic mass is 10.0. The molecule has 0 aromatic heterocycles. The summed E-state index contributed by atoms with van der Waals surface area (Å²) in [4.78, 5) is -1.53. The Kier molecular flexibility index (Phi) is 8.85. The molecule has 0 radical (unpaired) electrons. The second kappa shape index (κ2) is 12.8. The van der Waals surface area contributed by atoms with Gasteiger partial charge in [0.2, 0.25) is 0 Å². The number of phenolic OH excluding ortho intramolecular Hbond substituents is 2. The van der Waals surface area contributed by atoms with E-state index in [1.165, 1.54) is 48.5 Å². The van der Waals surface area contributed by atoms with Crippen molar-refractivity contribution in [2.24, 2.45) is 20.5 Å². The smallest absolute Gasteiger partial charge is 0.298 e. The van der Waals surface area contributed by atoms with Crippen molar-refractivity contribution >= 4 is 99.1 Å². The zero-order valence-electron chi connectivity index (χ0n) is 25.0. The van der Waals surface area contributed by atoms with E-state index in [0.717, 1.165) is 0 Å². The van der Waals surface area contributed by atoms with E-state index in [0.29, 0.717) is 11.1 Å². The number of anilines is 2. The fourth-order valence-electron chi connectivity index (χ4n) is 5.28. The molecule has 0 saturated heterocycles. The summed E-state index contributed by atoms with van der Waals surface area (Å²) in [6.07, 6.45) is 0. The number of rotatable bonds is 7. The molecule has 0 unspecified atom stereocenters. The first-order chi connectivity index (χ1) is 23.6. The van der Waals surface area contributed by atoms with Crippen LogP contribution in [0.3, 0.4) is 0 Å². The van der Waals surface area contributed by atoms with Crippen LogP contribution in [0.1, 0.15) is 0 Å². The van der Waals surface area contributed by atoms with Crippen LogP contribution in [0.5, 0.6) is 11.5 Å². The predicted octanol–water partition coefficient (Wildman–Crippen LogP) is 8.87. The summed E-state index contributed by atoms with van der Waals surface area (Å²) in [5.74, 6) is -1.77. The molecule has 6 aromatic rings. The molecule has 0 aliphatic heterocycles. The van der Waals surface area contributed by atoms with Crippen LogP contribution in [0.25, 0.3) is 32.7 Å². The average Bonchev–Trinajstić information content (AvgIpc) is 3.04. The second-order valence-corrected chi connectivity index (χ2v) is 14.2. The lowest BCUT2D eigenvalue weighted by molar-refractivity contribution is 0.444. The van der Waals surface area contributed by atoms with Gasteiger partial charge in [0.05, 0.1) is 21.4 Å². The number of hydrogen-bond acceptors (Lipinski definition) is 12. The Balaban J connectivity index is 1.31. The Hall–Kier alpha value is -5.36. The number of phenols is 2. The van der Waals surface area contributed by atoms with Gasteiger partial charge in [0.25, 0.3) is 20.2 Å². The molecule has 8 N–H and O–H groups in total. The van der Waals surface area contributed by atoms with Crippen LogP contribution >= 0.6 is 23.2 Å². The van der Waals surface area contributed by atoms with E-state index < -0.39 is 41.5 Å². The topological polar surface area (TPSA) is 251 Å². The predicted molar refractivity (Wildman–Crippen MR) is 190 cm³/mol. The summed E-state index contributed by atoms with van der Waals surface area (Å²) in [7, 11) is -9.75. The highest BCUT2D eigenvalue weighted by Gasteiger charge is 2.27. The van der Waals surface area contributed by atoms with Crippen molar-refractivity contribution in [3.05, 3.63) is 95.0 Å². The number of halogens is 2. The zero-order valence-corrected chi connectivity index (χ0v) is 28.2. The van der Waals surface area contributed by atoms with Crippen LogP contribution in [0, 0.1) is 0 Å². The van der Waals surface area contributed by atoms with Gasteiger partial charge < -0.3 is 21.7 Å². The zero-order chi connectivity index (χ0) is 36.1. The van der Waals surface area contributed by atoms with Crippen molar-refractivity contribution in [3.8, 4) is 22.6 Å². The highest BCUT2D eigenvalue weighted by molar-refractivity contribution is 7.86. The largest absolute Gasteiger partial charge is 0.504 e. The van der Waals surface area contributed by atoms with E-state index in [4.69, 9.17) is 34.7 Å². The maximum absolute atomic E-state index is 12.1. The summed E-state index contributed by atoms with van der Waals surface area (Å²) in [5, 5.41) is 38.1. The van der Waals surface area contributed by atoms with Crippen molar-refractivity contribution in [2.75, 3.05) is 11.5 Å². The van der Waals surface area contributed by atoms with E-state index in [2.05, 4.69) is 20.5 Å². The van der Waals surface area contributed by atoms with Crippen molar-refractivity contribution in [3.63, 3.8) is 0 Å². The molecule has 0 fully saturated rings. The normalized spacial score (nSPS) is 12.5. The van der Waals surface area contributed by atoms with Gasteiger partial charge in [-0.2, -0.15) is 16.8 Å². The number of nitrogen functional groups attached to an aromatic ring is 2. The van der Waals surface area contributed by atoms with Gasteiger partial charge in [-0.15, -0.1) is 20.5 Å². The van der Waals surface area contributed by atoms with E-state index in [9.17, 15) is 36.2 Å². The molecule has 14 nitrogen and oxygen atoms in total. The van der Waals surface area contributed by atoms with Crippen LogP contribution in [-0.2, 0) is 20.2 Å². The molecule has 18 heteroatoms. The van der Waals surface area contributed by atoms with Gasteiger partial charge in [-0.05, 0) is 35.4 Å². The molecule has 6 rings (SSSR count). The summed E-state index contributed by atoms with van der Waals surface area (Å²) in [5.41, 5.74) is 12.8. The Morgan fingerprint density at radius 2 is 0.860 bits per heavy atom. The van der Waals surface area contributed by atoms with Crippen LogP contribution in [0.2, 0.25) is 10.0 Å². The monoisotopic (exact) mass is 752 g/mol. The summed E-state index contributed by atoms with van der Waals surface area (Å²) >= 11 is 13.0. The first-order valence-electron chi connectivity index (χ1n) is 14.0. The van der Waals surface area contributed by atoms with Gasteiger partial charge in [0.15, 0.2) is 22.9 Å². The number of aromatic hydroxyl groups is 2. The molecule has 6 aromatic carbocycles. The minimum absolute atomic E-state index is 0.000242.